The number of nitrogens with zero attached hydrogens (tertiary/aromatic N) is 2. The second-order valence-corrected chi connectivity index (χ2v) is 4.52. The van der Waals surface area contributed by atoms with Crippen LogP contribution in [0.15, 0.2) is 6.33 Å². The van der Waals surface area contributed by atoms with Gasteiger partial charge in [0.1, 0.15) is 0 Å². The van der Waals surface area contributed by atoms with E-state index >= 15 is 0 Å². The molecule has 2 aliphatic rings. The molecule has 1 N–H and O–H groups in total. The Morgan fingerprint density at radius 1 is 1.47 bits per heavy atom. The number of imidazole rings is 1. The third-order valence-corrected chi connectivity index (χ3v) is 3.68. The largest absolute Gasteiger partial charge is 0.381 e. The summed E-state index contributed by atoms with van der Waals surface area (Å²) in [6, 6.07) is 0. The van der Waals surface area contributed by atoms with Crippen molar-refractivity contribution in [3.8, 4) is 0 Å². The van der Waals surface area contributed by atoms with Crippen molar-refractivity contribution >= 4 is 0 Å². The zero-order valence-electron chi connectivity index (χ0n) is 9.12. The molecule has 1 saturated heterocycles. The average molecular weight is 207 g/mol. The van der Waals surface area contributed by atoms with Crippen LogP contribution in [0.5, 0.6) is 0 Å². The smallest absolute Gasteiger partial charge is 0.0949 e. The van der Waals surface area contributed by atoms with Crippen LogP contribution in [-0.2, 0) is 23.7 Å². The third-order valence-electron chi connectivity index (χ3n) is 3.68. The molecule has 0 amide bonds. The number of hydrogen-bond acceptors (Lipinski definition) is 3. The molecule has 3 rings (SSSR count). The Morgan fingerprint density at radius 3 is 3.07 bits per heavy atom. The standard InChI is InChI=1S/C11H17N3O/c1-14-8-12-10-9(14)2-5-13-11(10)3-6-15-7-4-11/h8,13H,2-7H2,1H3. The van der Waals surface area contributed by atoms with E-state index in [1.807, 2.05) is 6.33 Å². The lowest BCUT2D eigenvalue weighted by molar-refractivity contribution is 0.0322. The maximum absolute atomic E-state index is 5.44. The van der Waals surface area contributed by atoms with E-state index in [-0.39, 0.29) is 5.54 Å². The minimum atomic E-state index is 0.104. The molecule has 0 atom stereocenters. The molecule has 1 spiro atoms. The van der Waals surface area contributed by atoms with Gasteiger partial charge in [-0.25, -0.2) is 4.98 Å². The number of hydrogen-bond donors (Lipinski definition) is 1. The first-order valence-electron chi connectivity index (χ1n) is 5.65. The SMILES string of the molecule is Cn1cnc2c1CCNC21CCOCC1. The van der Waals surface area contributed by atoms with Crippen LogP contribution in [0.2, 0.25) is 0 Å². The first-order valence-corrected chi connectivity index (χ1v) is 5.65. The quantitative estimate of drug-likeness (QED) is 0.676. The van der Waals surface area contributed by atoms with Gasteiger partial charge in [-0.15, -0.1) is 0 Å². The van der Waals surface area contributed by atoms with E-state index in [9.17, 15) is 0 Å². The van der Waals surface area contributed by atoms with Gasteiger partial charge in [-0.05, 0) is 12.8 Å². The number of ether oxygens (including phenoxy) is 1. The molecule has 1 aromatic rings. The summed E-state index contributed by atoms with van der Waals surface area (Å²) in [5.41, 5.74) is 2.77. The summed E-state index contributed by atoms with van der Waals surface area (Å²) in [5, 5.41) is 3.65. The summed E-state index contributed by atoms with van der Waals surface area (Å²) in [6.07, 6.45) is 5.14. The van der Waals surface area contributed by atoms with Crippen molar-refractivity contribution in [3.63, 3.8) is 0 Å². The van der Waals surface area contributed by atoms with Crippen molar-refractivity contribution in [2.24, 2.45) is 7.05 Å². The molecule has 3 heterocycles. The highest BCUT2D eigenvalue weighted by Gasteiger charge is 2.40. The molecule has 0 aromatic carbocycles. The number of aromatic nitrogens is 2. The number of fused-ring (bicyclic) bond motifs is 2. The molecule has 1 fully saturated rings. The van der Waals surface area contributed by atoms with E-state index in [2.05, 4.69) is 21.9 Å². The van der Waals surface area contributed by atoms with E-state index in [4.69, 9.17) is 4.74 Å². The van der Waals surface area contributed by atoms with Crippen molar-refractivity contribution in [2.45, 2.75) is 24.8 Å². The lowest BCUT2D eigenvalue weighted by Crippen LogP contribution is -2.51. The predicted octanol–water partition coefficient (Wildman–Crippen LogP) is 0.571. The first kappa shape index (κ1) is 9.36. The molecule has 82 valence electrons. The van der Waals surface area contributed by atoms with Crippen LogP contribution in [0, 0.1) is 0 Å². The van der Waals surface area contributed by atoms with Crippen molar-refractivity contribution in [1.82, 2.24) is 14.9 Å². The molecule has 2 aliphatic heterocycles. The molecule has 4 nitrogen and oxygen atoms in total. The number of nitrogens with one attached hydrogen (secondary N) is 1. The molecule has 4 heteroatoms. The first-order chi connectivity index (χ1) is 7.32. The van der Waals surface area contributed by atoms with Gasteiger partial charge in [0.2, 0.25) is 0 Å². The van der Waals surface area contributed by atoms with E-state index in [1.165, 1.54) is 11.4 Å². The van der Waals surface area contributed by atoms with Crippen molar-refractivity contribution < 1.29 is 4.74 Å². The Balaban J connectivity index is 2.04. The number of rotatable bonds is 0. The maximum Gasteiger partial charge on any atom is 0.0949 e. The highest BCUT2D eigenvalue weighted by atomic mass is 16.5. The molecule has 0 unspecified atom stereocenters. The van der Waals surface area contributed by atoms with Crippen LogP contribution in [0.4, 0.5) is 0 Å². The van der Waals surface area contributed by atoms with Crippen LogP contribution >= 0.6 is 0 Å². The highest BCUT2D eigenvalue weighted by Crippen LogP contribution is 2.35. The number of aryl methyl sites for hydroxylation is 1. The lowest BCUT2D eigenvalue weighted by atomic mass is 9.82. The second-order valence-electron chi connectivity index (χ2n) is 4.52. The Bertz CT molecular complexity index is 366. The zero-order chi connectivity index (χ0) is 10.3. The molecule has 0 saturated carbocycles. The van der Waals surface area contributed by atoms with E-state index < -0.39 is 0 Å². The molecule has 0 bridgehead atoms. The minimum Gasteiger partial charge on any atom is -0.381 e. The molecular formula is C11H17N3O. The zero-order valence-corrected chi connectivity index (χ0v) is 9.12. The van der Waals surface area contributed by atoms with Crippen molar-refractivity contribution in [1.29, 1.82) is 0 Å². The molecule has 0 aliphatic carbocycles. The Kier molecular flexibility index (Phi) is 2.07. The van der Waals surface area contributed by atoms with Gasteiger partial charge >= 0.3 is 0 Å². The summed E-state index contributed by atoms with van der Waals surface area (Å²) in [4.78, 5) is 4.58. The lowest BCUT2D eigenvalue weighted by Gasteiger charge is -2.40. The van der Waals surface area contributed by atoms with Gasteiger partial charge in [0.05, 0.1) is 17.6 Å². The van der Waals surface area contributed by atoms with Crippen LogP contribution < -0.4 is 5.32 Å². The Hall–Kier alpha value is -0.870. The monoisotopic (exact) mass is 207 g/mol. The van der Waals surface area contributed by atoms with Gasteiger partial charge < -0.3 is 14.6 Å². The van der Waals surface area contributed by atoms with Gasteiger partial charge in [-0.3, -0.25) is 0 Å². The fraction of sp³-hybridized carbons (Fsp3) is 0.727. The van der Waals surface area contributed by atoms with Crippen LogP contribution in [0.1, 0.15) is 24.2 Å². The van der Waals surface area contributed by atoms with Crippen molar-refractivity contribution in [2.75, 3.05) is 19.8 Å². The van der Waals surface area contributed by atoms with Crippen LogP contribution in [0.25, 0.3) is 0 Å². The third kappa shape index (κ3) is 1.32. The summed E-state index contributed by atoms with van der Waals surface area (Å²) < 4.78 is 7.60. The summed E-state index contributed by atoms with van der Waals surface area (Å²) in [7, 11) is 2.09. The van der Waals surface area contributed by atoms with Crippen LogP contribution in [0.3, 0.4) is 0 Å². The van der Waals surface area contributed by atoms with Gasteiger partial charge in [-0.1, -0.05) is 0 Å². The fourth-order valence-electron chi connectivity index (χ4n) is 2.79. The molecule has 15 heavy (non-hydrogen) atoms. The average Bonchev–Trinajstić information content (AvgIpc) is 2.64. The predicted molar refractivity (Wildman–Crippen MR) is 56.6 cm³/mol. The molecular weight excluding hydrogens is 190 g/mol. The van der Waals surface area contributed by atoms with E-state index in [0.29, 0.717) is 0 Å². The Labute approximate surface area is 89.6 Å². The van der Waals surface area contributed by atoms with Gasteiger partial charge in [0, 0.05) is 38.9 Å². The van der Waals surface area contributed by atoms with E-state index in [0.717, 1.165) is 39.0 Å². The van der Waals surface area contributed by atoms with Gasteiger partial charge in [-0.2, -0.15) is 0 Å². The van der Waals surface area contributed by atoms with E-state index in [1.54, 1.807) is 0 Å². The van der Waals surface area contributed by atoms with Gasteiger partial charge in [0.25, 0.3) is 0 Å². The normalized spacial score (nSPS) is 24.1. The molecule has 1 aromatic heterocycles. The second kappa shape index (κ2) is 3.32. The van der Waals surface area contributed by atoms with Crippen LogP contribution in [-0.4, -0.2) is 29.3 Å². The minimum absolute atomic E-state index is 0.104. The van der Waals surface area contributed by atoms with Gasteiger partial charge in [0.15, 0.2) is 0 Å². The Morgan fingerprint density at radius 2 is 2.27 bits per heavy atom. The highest BCUT2D eigenvalue weighted by molar-refractivity contribution is 5.26. The summed E-state index contributed by atoms with van der Waals surface area (Å²) >= 11 is 0. The van der Waals surface area contributed by atoms with Crippen molar-refractivity contribution in [3.05, 3.63) is 17.7 Å². The fourth-order valence-corrected chi connectivity index (χ4v) is 2.79. The topological polar surface area (TPSA) is 39.1 Å². The summed E-state index contributed by atoms with van der Waals surface area (Å²) in [5.74, 6) is 0. The molecule has 0 radical (unpaired) electrons. The maximum atomic E-state index is 5.44. The summed E-state index contributed by atoms with van der Waals surface area (Å²) in [6.45, 7) is 2.76.